The van der Waals surface area contributed by atoms with Gasteiger partial charge < -0.3 is 4.90 Å². The SMILES string of the molecule is CN1CC(c2ccc(F)cc2C#N)C1. The summed E-state index contributed by atoms with van der Waals surface area (Å²) in [6.45, 7) is 1.92. The van der Waals surface area contributed by atoms with Gasteiger partial charge in [0.1, 0.15) is 5.82 Å². The van der Waals surface area contributed by atoms with Crippen molar-refractivity contribution in [3.05, 3.63) is 35.1 Å². The number of nitriles is 1. The molecular weight excluding hydrogens is 179 g/mol. The molecule has 0 radical (unpaired) electrons. The highest BCUT2D eigenvalue weighted by Crippen LogP contribution is 2.28. The van der Waals surface area contributed by atoms with Crippen LogP contribution in [0, 0.1) is 17.1 Å². The lowest BCUT2D eigenvalue weighted by Gasteiger charge is -2.36. The Bertz CT molecular complexity index is 389. The summed E-state index contributed by atoms with van der Waals surface area (Å²) in [6.07, 6.45) is 0. The van der Waals surface area contributed by atoms with E-state index < -0.39 is 0 Å². The van der Waals surface area contributed by atoms with Crippen molar-refractivity contribution >= 4 is 0 Å². The van der Waals surface area contributed by atoms with E-state index >= 15 is 0 Å². The highest BCUT2D eigenvalue weighted by atomic mass is 19.1. The lowest BCUT2D eigenvalue weighted by atomic mass is 9.89. The van der Waals surface area contributed by atoms with Gasteiger partial charge in [-0.05, 0) is 24.7 Å². The third-order valence-electron chi connectivity index (χ3n) is 2.64. The molecule has 1 aliphatic rings. The fourth-order valence-electron chi connectivity index (χ4n) is 1.88. The summed E-state index contributed by atoms with van der Waals surface area (Å²) in [5.74, 6) is 0.0632. The standard InChI is InChI=1S/C11H11FN2/c1-14-6-9(7-14)11-3-2-10(12)4-8(11)5-13/h2-4,9H,6-7H2,1H3. The summed E-state index contributed by atoms with van der Waals surface area (Å²) < 4.78 is 12.8. The molecule has 0 aromatic heterocycles. The van der Waals surface area contributed by atoms with E-state index in [2.05, 4.69) is 4.90 Å². The molecule has 0 spiro atoms. The zero-order valence-corrected chi connectivity index (χ0v) is 8.00. The van der Waals surface area contributed by atoms with Gasteiger partial charge in [-0.1, -0.05) is 6.07 Å². The highest BCUT2D eigenvalue weighted by molar-refractivity contribution is 5.41. The molecule has 1 aliphatic heterocycles. The van der Waals surface area contributed by atoms with Crippen molar-refractivity contribution in [3.63, 3.8) is 0 Å². The minimum Gasteiger partial charge on any atom is -0.305 e. The number of hydrogen-bond acceptors (Lipinski definition) is 2. The van der Waals surface area contributed by atoms with Gasteiger partial charge in [-0.3, -0.25) is 0 Å². The van der Waals surface area contributed by atoms with Crippen molar-refractivity contribution < 1.29 is 4.39 Å². The van der Waals surface area contributed by atoms with Crippen molar-refractivity contribution in [1.29, 1.82) is 5.26 Å². The summed E-state index contributed by atoms with van der Waals surface area (Å²) in [5, 5.41) is 8.85. The molecule has 0 unspecified atom stereocenters. The van der Waals surface area contributed by atoms with Gasteiger partial charge in [0.05, 0.1) is 11.6 Å². The second-order valence-corrected chi connectivity index (χ2v) is 3.76. The molecule has 0 bridgehead atoms. The van der Waals surface area contributed by atoms with E-state index in [0.29, 0.717) is 11.5 Å². The van der Waals surface area contributed by atoms with Crippen molar-refractivity contribution in [2.45, 2.75) is 5.92 Å². The monoisotopic (exact) mass is 190 g/mol. The van der Waals surface area contributed by atoms with Crippen LogP contribution in [0.3, 0.4) is 0 Å². The fraction of sp³-hybridized carbons (Fsp3) is 0.364. The van der Waals surface area contributed by atoms with Gasteiger partial charge in [0.15, 0.2) is 0 Å². The van der Waals surface area contributed by atoms with E-state index in [1.807, 2.05) is 13.1 Å². The lowest BCUT2D eigenvalue weighted by Crippen LogP contribution is -2.42. The van der Waals surface area contributed by atoms with Gasteiger partial charge in [0.25, 0.3) is 0 Å². The maximum Gasteiger partial charge on any atom is 0.124 e. The number of benzene rings is 1. The molecule has 1 aromatic carbocycles. The van der Waals surface area contributed by atoms with Crippen LogP contribution in [0.5, 0.6) is 0 Å². The van der Waals surface area contributed by atoms with E-state index in [9.17, 15) is 4.39 Å². The minimum atomic E-state index is -0.335. The maximum atomic E-state index is 12.8. The first-order valence-electron chi connectivity index (χ1n) is 4.59. The summed E-state index contributed by atoms with van der Waals surface area (Å²) >= 11 is 0. The first-order valence-corrected chi connectivity index (χ1v) is 4.59. The Morgan fingerprint density at radius 3 is 2.79 bits per heavy atom. The van der Waals surface area contributed by atoms with Crippen molar-refractivity contribution in [2.24, 2.45) is 0 Å². The molecule has 0 saturated carbocycles. The number of hydrogen-bond donors (Lipinski definition) is 0. The van der Waals surface area contributed by atoms with Crippen molar-refractivity contribution in [3.8, 4) is 6.07 Å². The van der Waals surface area contributed by atoms with Crippen molar-refractivity contribution in [2.75, 3.05) is 20.1 Å². The van der Waals surface area contributed by atoms with Crippen LogP contribution in [0.25, 0.3) is 0 Å². The van der Waals surface area contributed by atoms with E-state index in [1.165, 1.54) is 12.1 Å². The minimum absolute atomic E-state index is 0.335. The first kappa shape index (κ1) is 9.17. The summed E-state index contributed by atoms with van der Waals surface area (Å²) in [6, 6.07) is 6.51. The van der Waals surface area contributed by atoms with Gasteiger partial charge in [-0.15, -0.1) is 0 Å². The molecule has 3 heteroatoms. The third-order valence-corrected chi connectivity index (χ3v) is 2.64. The average molecular weight is 190 g/mol. The summed E-state index contributed by atoms with van der Waals surface area (Å²) in [7, 11) is 2.03. The van der Waals surface area contributed by atoms with E-state index in [-0.39, 0.29) is 5.82 Å². The Kier molecular flexibility index (Phi) is 2.22. The zero-order chi connectivity index (χ0) is 10.1. The quantitative estimate of drug-likeness (QED) is 0.674. The van der Waals surface area contributed by atoms with E-state index in [1.54, 1.807) is 6.07 Å². The van der Waals surface area contributed by atoms with Gasteiger partial charge in [0, 0.05) is 19.0 Å². The van der Waals surface area contributed by atoms with E-state index in [0.717, 1.165) is 18.7 Å². The predicted octanol–water partition coefficient (Wildman–Crippen LogP) is 1.73. The fourth-order valence-corrected chi connectivity index (χ4v) is 1.88. The molecule has 0 amide bonds. The lowest BCUT2D eigenvalue weighted by molar-refractivity contribution is 0.189. The smallest absolute Gasteiger partial charge is 0.124 e. The largest absolute Gasteiger partial charge is 0.305 e. The Balaban J connectivity index is 2.30. The van der Waals surface area contributed by atoms with Crippen LogP contribution in [-0.2, 0) is 0 Å². The molecule has 0 aliphatic carbocycles. The first-order chi connectivity index (χ1) is 6.70. The Hall–Kier alpha value is -1.40. The molecule has 1 saturated heterocycles. The number of likely N-dealkylation sites (tertiary alicyclic amines) is 1. The van der Waals surface area contributed by atoms with Crippen LogP contribution in [0.1, 0.15) is 17.0 Å². The normalized spacial score (nSPS) is 17.5. The topological polar surface area (TPSA) is 27.0 Å². The number of likely N-dealkylation sites (N-methyl/N-ethyl adjacent to an activating group) is 1. The Morgan fingerprint density at radius 2 is 2.21 bits per heavy atom. The van der Waals surface area contributed by atoms with Gasteiger partial charge >= 0.3 is 0 Å². The Labute approximate surface area is 82.6 Å². The summed E-state index contributed by atoms with van der Waals surface area (Å²) in [5.41, 5.74) is 1.45. The molecule has 1 aromatic rings. The van der Waals surface area contributed by atoms with Crippen LogP contribution in [0.15, 0.2) is 18.2 Å². The second-order valence-electron chi connectivity index (χ2n) is 3.76. The maximum absolute atomic E-state index is 12.8. The van der Waals surface area contributed by atoms with Gasteiger partial charge in [-0.25, -0.2) is 4.39 Å². The van der Waals surface area contributed by atoms with Crippen LogP contribution >= 0.6 is 0 Å². The summed E-state index contributed by atoms with van der Waals surface area (Å²) in [4.78, 5) is 2.18. The van der Waals surface area contributed by atoms with Crippen LogP contribution in [0.2, 0.25) is 0 Å². The average Bonchev–Trinajstić information content (AvgIpc) is 2.13. The molecule has 14 heavy (non-hydrogen) atoms. The molecule has 2 rings (SSSR count). The van der Waals surface area contributed by atoms with E-state index in [4.69, 9.17) is 5.26 Å². The highest BCUT2D eigenvalue weighted by Gasteiger charge is 2.26. The van der Waals surface area contributed by atoms with Crippen molar-refractivity contribution in [1.82, 2.24) is 4.90 Å². The van der Waals surface area contributed by atoms with Crippen LogP contribution in [-0.4, -0.2) is 25.0 Å². The molecule has 0 atom stereocenters. The van der Waals surface area contributed by atoms with Gasteiger partial charge in [-0.2, -0.15) is 5.26 Å². The number of nitrogens with zero attached hydrogens (tertiary/aromatic N) is 2. The molecule has 2 nitrogen and oxygen atoms in total. The molecule has 0 N–H and O–H groups in total. The second kappa shape index (κ2) is 3.39. The van der Waals surface area contributed by atoms with Crippen LogP contribution in [0.4, 0.5) is 4.39 Å². The molecule has 1 heterocycles. The molecule has 1 fully saturated rings. The molecular formula is C11H11FN2. The Morgan fingerprint density at radius 1 is 1.50 bits per heavy atom. The predicted molar refractivity (Wildman–Crippen MR) is 51.4 cm³/mol. The number of rotatable bonds is 1. The third kappa shape index (κ3) is 1.49. The van der Waals surface area contributed by atoms with Gasteiger partial charge in [0.2, 0.25) is 0 Å². The van der Waals surface area contributed by atoms with Crippen LogP contribution < -0.4 is 0 Å². The number of halogens is 1. The zero-order valence-electron chi connectivity index (χ0n) is 8.00. The molecule has 72 valence electrons.